The van der Waals surface area contributed by atoms with E-state index in [4.69, 9.17) is 14.2 Å². The van der Waals surface area contributed by atoms with Gasteiger partial charge in [0.25, 0.3) is 0 Å². The Morgan fingerprint density at radius 1 is 1.14 bits per heavy atom. The predicted molar refractivity (Wildman–Crippen MR) is 85.4 cm³/mol. The maximum absolute atomic E-state index is 12.1. The van der Waals surface area contributed by atoms with Gasteiger partial charge in [-0.1, -0.05) is 12.1 Å². The van der Waals surface area contributed by atoms with Crippen molar-refractivity contribution in [2.75, 3.05) is 54.2 Å². The normalized spacial score (nSPS) is 10.3. The van der Waals surface area contributed by atoms with Gasteiger partial charge in [-0.3, -0.25) is 0 Å². The Hall–Kier alpha value is -1.79. The first-order valence-corrected chi connectivity index (χ1v) is 7.34. The molecule has 6 heteroatoms. The molecule has 0 aliphatic carbocycles. The number of hydrogen-bond acceptors (Lipinski definition) is 4. The average Bonchev–Trinajstić information content (AvgIpc) is 2.55. The summed E-state index contributed by atoms with van der Waals surface area (Å²) in [4.78, 5) is 13.8. The van der Waals surface area contributed by atoms with Crippen LogP contribution in [-0.2, 0) is 15.9 Å². The van der Waals surface area contributed by atoms with Gasteiger partial charge in [0, 0.05) is 33.9 Å². The third-order valence-electron chi connectivity index (χ3n) is 3.24. The molecule has 0 spiro atoms. The van der Waals surface area contributed by atoms with Crippen molar-refractivity contribution in [2.45, 2.75) is 6.42 Å². The van der Waals surface area contributed by atoms with Gasteiger partial charge in [0.2, 0.25) is 0 Å². The number of hydrogen-bond donors (Lipinski definition) is 1. The van der Waals surface area contributed by atoms with Crippen molar-refractivity contribution in [3.05, 3.63) is 29.8 Å². The summed E-state index contributed by atoms with van der Waals surface area (Å²) in [6.07, 6.45) is 0.755. The first-order valence-electron chi connectivity index (χ1n) is 7.34. The van der Waals surface area contributed by atoms with Crippen LogP contribution >= 0.6 is 0 Å². The van der Waals surface area contributed by atoms with Crippen LogP contribution in [0.15, 0.2) is 24.3 Å². The fourth-order valence-corrected chi connectivity index (χ4v) is 1.97. The van der Waals surface area contributed by atoms with E-state index in [0.29, 0.717) is 32.8 Å². The number of urea groups is 1. The molecule has 2 amide bonds. The number of carbonyl (C=O) groups is 1. The summed E-state index contributed by atoms with van der Waals surface area (Å²) in [6, 6.07) is 7.73. The van der Waals surface area contributed by atoms with Crippen LogP contribution in [0.1, 0.15) is 5.56 Å². The van der Waals surface area contributed by atoms with Gasteiger partial charge in [0.05, 0.1) is 20.3 Å². The Balaban J connectivity index is 2.40. The summed E-state index contributed by atoms with van der Waals surface area (Å²) in [7, 11) is 4.88. The quantitative estimate of drug-likeness (QED) is 0.712. The van der Waals surface area contributed by atoms with Crippen LogP contribution in [0.25, 0.3) is 0 Å². The molecule has 0 fully saturated rings. The highest BCUT2D eigenvalue weighted by Crippen LogP contribution is 2.12. The minimum Gasteiger partial charge on any atom is -0.497 e. The average molecular weight is 310 g/mol. The molecule has 0 aromatic heterocycles. The molecular formula is C16H26N2O4. The smallest absolute Gasteiger partial charge is 0.317 e. The molecule has 0 radical (unpaired) electrons. The fraction of sp³-hybridized carbons (Fsp3) is 0.562. The number of nitrogens with zero attached hydrogens (tertiary/aromatic N) is 1. The van der Waals surface area contributed by atoms with Crippen LogP contribution < -0.4 is 10.1 Å². The van der Waals surface area contributed by atoms with E-state index in [1.54, 1.807) is 26.2 Å². The number of nitrogens with one attached hydrogen (secondary N) is 1. The molecule has 0 aliphatic rings. The highest BCUT2D eigenvalue weighted by atomic mass is 16.5. The van der Waals surface area contributed by atoms with E-state index in [0.717, 1.165) is 17.7 Å². The van der Waals surface area contributed by atoms with Crippen LogP contribution in [0, 0.1) is 0 Å². The topological polar surface area (TPSA) is 60.0 Å². The number of methoxy groups -OCH3 is 3. The molecule has 6 nitrogen and oxygen atoms in total. The molecule has 0 aliphatic heterocycles. The Morgan fingerprint density at radius 2 is 1.82 bits per heavy atom. The lowest BCUT2D eigenvalue weighted by Crippen LogP contribution is -2.43. The Labute approximate surface area is 132 Å². The van der Waals surface area contributed by atoms with E-state index in [-0.39, 0.29) is 6.03 Å². The lowest BCUT2D eigenvalue weighted by Gasteiger charge is -2.22. The molecule has 0 heterocycles. The number of amides is 2. The van der Waals surface area contributed by atoms with Crippen LogP contribution in [0.5, 0.6) is 5.75 Å². The van der Waals surface area contributed by atoms with Crippen molar-refractivity contribution in [2.24, 2.45) is 0 Å². The van der Waals surface area contributed by atoms with Gasteiger partial charge in [0.15, 0.2) is 0 Å². The van der Waals surface area contributed by atoms with E-state index >= 15 is 0 Å². The standard InChI is InChI=1S/C16H26N2O4/c1-20-11-9-18(10-12-21-2)16(19)17-8-7-14-5-4-6-15(13-14)22-3/h4-6,13H,7-12H2,1-3H3,(H,17,19). The molecule has 1 N–H and O–H groups in total. The summed E-state index contributed by atoms with van der Waals surface area (Å²) in [5.41, 5.74) is 1.12. The number of benzene rings is 1. The first kappa shape index (κ1) is 18.3. The van der Waals surface area contributed by atoms with Gasteiger partial charge < -0.3 is 24.4 Å². The number of ether oxygens (including phenoxy) is 3. The van der Waals surface area contributed by atoms with E-state index < -0.39 is 0 Å². The van der Waals surface area contributed by atoms with E-state index in [1.165, 1.54) is 0 Å². The zero-order valence-electron chi connectivity index (χ0n) is 13.6. The molecule has 22 heavy (non-hydrogen) atoms. The van der Waals surface area contributed by atoms with Crippen molar-refractivity contribution in [3.63, 3.8) is 0 Å². The zero-order valence-corrected chi connectivity index (χ0v) is 13.6. The lowest BCUT2D eigenvalue weighted by atomic mass is 10.1. The molecule has 0 saturated carbocycles. The Bertz CT molecular complexity index is 432. The predicted octanol–water partition coefficient (Wildman–Crippen LogP) is 1.54. The second-order valence-electron chi connectivity index (χ2n) is 4.81. The van der Waals surface area contributed by atoms with E-state index in [9.17, 15) is 4.79 Å². The van der Waals surface area contributed by atoms with E-state index in [2.05, 4.69) is 5.32 Å². The summed E-state index contributed by atoms with van der Waals surface area (Å²) < 4.78 is 15.2. The fourth-order valence-electron chi connectivity index (χ4n) is 1.97. The molecule has 0 atom stereocenters. The summed E-state index contributed by atoms with van der Waals surface area (Å²) in [5, 5.41) is 2.92. The van der Waals surface area contributed by atoms with Crippen LogP contribution in [0.3, 0.4) is 0 Å². The minimum absolute atomic E-state index is 0.100. The molecular weight excluding hydrogens is 284 g/mol. The summed E-state index contributed by atoms with van der Waals surface area (Å²) in [5.74, 6) is 0.825. The first-order chi connectivity index (χ1) is 10.7. The van der Waals surface area contributed by atoms with Gasteiger partial charge in [-0.25, -0.2) is 4.79 Å². The van der Waals surface area contributed by atoms with Crippen molar-refractivity contribution in [1.29, 1.82) is 0 Å². The molecule has 0 unspecified atom stereocenters. The largest absolute Gasteiger partial charge is 0.497 e. The highest BCUT2D eigenvalue weighted by Gasteiger charge is 2.12. The Morgan fingerprint density at radius 3 is 2.41 bits per heavy atom. The van der Waals surface area contributed by atoms with Crippen molar-refractivity contribution >= 4 is 6.03 Å². The van der Waals surface area contributed by atoms with Crippen LogP contribution in [0.2, 0.25) is 0 Å². The van der Waals surface area contributed by atoms with Crippen LogP contribution in [-0.4, -0.2) is 65.1 Å². The van der Waals surface area contributed by atoms with Gasteiger partial charge in [0.1, 0.15) is 5.75 Å². The zero-order chi connectivity index (χ0) is 16.2. The van der Waals surface area contributed by atoms with E-state index in [1.807, 2.05) is 24.3 Å². The van der Waals surface area contributed by atoms with Crippen molar-refractivity contribution in [1.82, 2.24) is 10.2 Å². The second-order valence-corrected chi connectivity index (χ2v) is 4.81. The highest BCUT2D eigenvalue weighted by molar-refractivity contribution is 5.74. The summed E-state index contributed by atoms with van der Waals surface area (Å²) >= 11 is 0. The van der Waals surface area contributed by atoms with Gasteiger partial charge in [-0.15, -0.1) is 0 Å². The molecule has 0 saturated heterocycles. The molecule has 1 rings (SSSR count). The minimum atomic E-state index is -0.100. The molecule has 124 valence electrons. The Kier molecular flexibility index (Phi) is 9.02. The van der Waals surface area contributed by atoms with Gasteiger partial charge in [-0.2, -0.15) is 0 Å². The van der Waals surface area contributed by atoms with Gasteiger partial charge >= 0.3 is 6.03 Å². The number of carbonyl (C=O) groups excluding carboxylic acids is 1. The monoisotopic (exact) mass is 310 g/mol. The molecule has 1 aromatic rings. The third-order valence-corrected chi connectivity index (χ3v) is 3.24. The third kappa shape index (κ3) is 6.78. The van der Waals surface area contributed by atoms with Crippen molar-refractivity contribution < 1.29 is 19.0 Å². The summed E-state index contributed by atoms with van der Waals surface area (Å²) in [6.45, 7) is 2.68. The molecule has 0 bridgehead atoms. The lowest BCUT2D eigenvalue weighted by molar-refractivity contribution is 0.122. The van der Waals surface area contributed by atoms with Crippen molar-refractivity contribution in [3.8, 4) is 5.75 Å². The maximum Gasteiger partial charge on any atom is 0.317 e. The van der Waals surface area contributed by atoms with Crippen LogP contribution in [0.4, 0.5) is 4.79 Å². The van der Waals surface area contributed by atoms with Gasteiger partial charge in [-0.05, 0) is 24.1 Å². The maximum atomic E-state index is 12.1. The SMILES string of the molecule is COCCN(CCOC)C(=O)NCCc1cccc(OC)c1. The number of rotatable bonds is 10. The molecule has 1 aromatic carbocycles. The second kappa shape index (κ2) is 10.9.